The Morgan fingerprint density at radius 3 is 1.51 bits per heavy atom. The molecule has 5 amide bonds. The fourth-order valence-electron chi connectivity index (χ4n) is 5.60. The molecule has 68 heavy (non-hydrogen) atoms. The number of nitro groups is 1. The molecule has 2 atom stereocenters. The van der Waals surface area contributed by atoms with Gasteiger partial charge in [-0.25, -0.2) is 4.79 Å². The minimum atomic E-state index is -1.00. The zero-order valence-electron chi connectivity index (χ0n) is 38.7. The van der Waals surface area contributed by atoms with Gasteiger partial charge in [0, 0.05) is 36.4 Å². The number of nitrogens with one attached hydrogen (secondary N) is 3. The molecule has 0 saturated heterocycles. The van der Waals surface area contributed by atoms with Crippen molar-refractivity contribution < 1.29 is 81.1 Å². The van der Waals surface area contributed by atoms with E-state index in [0.29, 0.717) is 97.1 Å². The smallest absolute Gasteiger partial charge is 0.429 e. The highest BCUT2D eigenvalue weighted by molar-refractivity contribution is 6.12. The molecule has 1 heterocycles. The molecule has 0 saturated carbocycles. The predicted molar refractivity (Wildman–Crippen MR) is 240 cm³/mol. The molecule has 1 aliphatic heterocycles. The van der Waals surface area contributed by atoms with E-state index in [1.54, 1.807) is 38.1 Å². The average Bonchev–Trinajstić information content (AvgIpc) is 3.64. The van der Waals surface area contributed by atoms with Crippen LogP contribution in [0.3, 0.4) is 0 Å². The molecule has 2 aromatic carbocycles. The molecule has 0 spiro atoms. The van der Waals surface area contributed by atoms with Crippen LogP contribution in [-0.2, 0) is 73.2 Å². The van der Waals surface area contributed by atoms with Gasteiger partial charge in [-0.1, -0.05) is 26.0 Å². The van der Waals surface area contributed by atoms with Crippen molar-refractivity contribution >= 4 is 47.1 Å². The van der Waals surface area contributed by atoms with Gasteiger partial charge in [0.15, 0.2) is 0 Å². The molecule has 1 aliphatic rings. The van der Waals surface area contributed by atoms with Gasteiger partial charge in [-0.2, -0.15) is 0 Å². The summed E-state index contributed by atoms with van der Waals surface area (Å²) in [6, 6.07) is 9.51. The topological polar surface area (TPSA) is 277 Å². The molecular formula is C45H63N5O18. The third-order valence-corrected chi connectivity index (χ3v) is 9.28. The number of carbonyl (C=O) groups is 6. The minimum Gasteiger partial charge on any atom is -0.429 e. The highest BCUT2D eigenvalue weighted by atomic mass is 16.7. The van der Waals surface area contributed by atoms with Crippen LogP contribution in [0.4, 0.5) is 16.2 Å². The van der Waals surface area contributed by atoms with E-state index in [0.717, 1.165) is 4.90 Å². The first-order valence-electron chi connectivity index (χ1n) is 22.1. The third kappa shape index (κ3) is 24.2. The normalized spacial score (nSPS) is 13.1. The number of nitro benzene ring substituents is 1. The van der Waals surface area contributed by atoms with Crippen LogP contribution in [0.1, 0.15) is 32.8 Å². The van der Waals surface area contributed by atoms with Gasteiger partial charge in [-0.3, -0.25) is 39.0 Å². The van der Waals surface area contributed by atoms with Crippen LogP contribution in [0.15, 0.2) is 60.7 Å². The average molecular weight is 962 g/mol. The summed E-state index contributed by atoms with van der Waals surface area (Å²) in [5.74, 6) is -2.26. The number of rotatable bonds is 37. The Morgan fingerprint density at radius 1 is 0.603 bits per heavy atom. The Balaban J connectivity index is 1.09. The number of nitrogens with zero attached hydrogens (tertiary/aromatic N) is 2. The van der Waals surface area contributed by atoms with Gasteiger partial charge < -0.3 is 63.3 Å². The molecule has 0 aliphatic carbocycles. The molecular weight excluding hydrogens is 899 g/mol. The molecule has 0 bridgehead atoms. The van der Waals surface area contributed by atoms with Crippen LogP contribution in [0.2, 0.25) is 0 Å². The Hall–Kier alpha value is -5.92. The van der Waals surface area contributed by atoms with Crippen LogP contribution in [-0.4, -0.2) is 170 Å². The number of amides is 5. The van der Waals surface area contributed by atoms with Gasteiger partial charge in [0.25, 0.3) is 17.5 Å². The number of hydrogen-bond donors (Lipinski definition) is 3. The summed E-state index contributed by atoms with van der Waals surface area (Å²) >= 11 is 0. The van der Waals surface area contributed by atoms with E-state index < -0.39 is 35.0 Å². The summed E-state index contributed by atoms with van der Waals surface area (Å²) in [5, 5.41) is 18.8. The van der Waals surface area contributed by atoms with Crippen LogP contribution in [0.5, 0.6) is 5.75 Å². The molecule has 0 radical (unpaired) electrons. The second-order valence-electron chi connectivity index (χ2n) is 14.9. The second kappa shape index (κ2) is 33.5. The SMILES string of the molecule is CC(C)[C@H](NC(=O)CCOCCOCCOCCOCCOCCOCCOCCOCCN1C(=O)C=CC1=O)C(=O)N[C@@H](C)C(=O)Nc1ccc(COC(=O)Oc2ccc([N+](=O)[O-])cc2)cc1. The van der Waals surface area contributed by atoms with Crippen molar-refractivity contribution in [3.63, 3.8) is 0 Å². The maximum Gasteiger partial charge on any atom is 0.514 e. The summed E-state index contributed by atoms with van der Waals surface area (Å²) in [7, 11) is 0. The molecule has 0 fully saturated rings. The van der Waals surface area contributed by atoms with Crippen molar-refractivity contribution in [3.8, 4) is 5.75 Å². The zero-order valence-corrected chi connectivity index (χ0v) is 38.7. The number of ether oxygens (including phenoxy) is 10. The van der Waals surface area contributed by atoms with E-state index in [1.807, 2.05) is 0 Å². The summed E-state index contributed by atoms with van der Waals surface area (Å²) in [6.45, 7) is 10.8. The predicted octanol–water partition coefficient (Wildman–Crippen LogP) is 2.34. The van der Waals surface area contributed by atoms with Gasteiger partial charge in [-0.05, 0) is 42.7 Å². The minimum absolute atomic E-state index is 0.0148. The molecule has 376 valence electrons. The summed E-state index contributed by atoms with van der Waals surface area (Å²) in [4.78, 5) is 84.7. The second-order valence-corrected chi connectivity index (χ2v) is 14.9. The number of anilines is 1. The molecule has 23 nitrogen and oxygen atoms in total. The molecule has 0 unspecified atom stereocenters. The molecule has 23 heteroatoms. The van der Waals surface area contributed by atoms with Crippen molar-refractivity contribution in [2.24, 2.45) is 5.92 Å². The summed E-state index contributed by atoms with van der Waals surface area (Å²) in [5.41, 5.74) is 0.861. The maximum atomic E-state index is 13.1. The van der Waals surface area contributed by atoms with Crippen LogP contribution < -0.4 is 20.7 Å². The van der Waals surface area contributed by atoms with Gasteiger partial charge in [0.1, 0.15) is 24.4 Å². The van der Waals surface area contributed by atoms with Crippen LogP contribution in [0.25, 0.3) is 0 Å². The lowest BCUT2D eigenvalue weighted by atomic mass is 10.0. The van der Waals surface area contributed by atoms with Crippen molar-refractivity contribution in [2.75, 3.05) is 118 Å². The Labute approximate surface area is 394 Å². The summed E-state index contributed by atoms with van der Waals surface area (Å²) in [6.07, 6.45) is 1.49. The van der Waals surface area contributed by atoms with Crippen molar-refractivity contribution in [3.05, 3.63) is 76.4 Å². The van der Waals surface area contributed by atoms with Crippen LogP contribution >= 0.6 is 0 Å². The van der Waals surface area contributed by atoms with Crippen molar-refractivity contribution in [2.45, 2.75) is 45.9 Å². The summed E-state index contributed by atoms with van der Waals surface area (Å²) < 4.78 is 53.7. The fourth-order valence-corrected chi connectivity index (χ4v) is 5.60. The van der Waals surface area contributed by atoms with E-state index in [4.69, 9.17) is 47.4 Å². The lowest BCUT2D eigenvalue weighted by Gasteiger charge is -2.24. The first kappa shape index (κ1) is 56.4. The standard InChI is InChI=1S/C45H63N5O18/c1-33(2)42(44(55)46-34(3)43(54)47-36-6-4-35(5-7-36)32-67-45(56)68-38-10-8-37(9-11-38)50(57)58)48-39(51)14-16-59-18-20-61-22-24-63-26-28-65-30-31-66-29-27-64-25-23-62-21-19-60-17-15-49-40(52)12-13-41(49)53/h4-13,33-34,42H,14-32H2,1-3H3,(H,46,55)(H,47,54)(H,48,51)/t34-,42-/m0/s1. The Morgan fingerprint density at radius 2 is 1.06 bits per heavy atom. The van der Waals surface area contributed by atoms with Crippen LogP contribution in [0, 0.1) is 16.0 Å². The lowest BCUT2D eigenvalue weighted by Crippen LogP contribution is -2.53. The number of carbonyl (C=O) groups excluding carboxylic acids is 6. The lowest BCUT2D eigenvalue weighted by molar-refractivity contribution is -0.384. The number of benzene rings is 2. The number of imide groups is 1. The van der Waals surface area contributed by atoms with Gasteiger partial charge >= 0.3 is 6.16 Å². The Bertz CT molecular complexity index is 1860. The van der Waals surface area contributed by atoms with E-state index in [1.165, 1.54) is 43.3 Å². The molecule has 3 N–H and O–H groups in total. The molecule has 2 aromatic rings. The zero-order chi connectivity index (χ0) is 49.4. The number of non-ortho nitro benzene ring substituents is 1. The molecule has 0 aromatic heterocycles. The van der Waals surface area contributed by atoms with Gasteiger partial charge in [0.05, 0.1) is 117 Å². The fraction of sp³-hybridized carbons (Fsp3) is 0.556. The largest absolute Gasteiger partial charge is 0.514 e. The maximum absolute atomic E-state index is 13.1. The van der Waals surface area contributed by atoms with Crippen molar-refractivity contribution in [1.29, 1.82) is 0 Å². The van der Waals surface area contributed by atoms with E-state index in [2.05, 4.69) is 16.0 Å². The van der Waals surface area contributed by atoms with E-state index >= 15 is 0 Å². The van der Waals surface area contributed by atoms with Crippen molar-refractivity contribution in [1.82, 2.24) is 15.5 Å². The highest BCUT2D eigenvalue weighted by Gasteiger charge is 2.27. The van der Waals surface area contributed by atoms with E-state index in [9.17, 15) is 38.9 Å². The van der Waals surface area contributed by atoms with Gasteiger partial charge in [0.2, 0.25) is 17.7 Å². The monoisotopic (exact) mass is 961 g/mol. The first-order valence-corrected chi connectivity index (χ1v) is 22.1. The quantitative estimate of drug-likeness (QED) is 0.0219. The third-order valence-electron chi connectivity index (χ3n) is 9.28. The Kier molecular flexibility index (Phi) is 27.8. The van der Waals surface area contributed by atoms with Gasteiger partial charge in [-0.15, -0.1) is 0 Å². The molecule has 3 rings (SSSR count). The van der Waals surface area contributed by atoms with E-state index in [-0.39, 0.29) is 74.5 Å². The highest BCUT2D eigenvalue weighted by Crippen LogP contribution is 2.18. The number of hydrogen-bond acceptors (Lipinski definition) is 18. The first-order chi connectivity index (χ1) is 32.8.